The van der Waals surface area contributed by atoms with E-state index in [0.29, 0.717) is 23.1 Å². The van der Waals surface area contributed by atoms with Crippen LogP contribution in [-0.2, 0) is 0 Å². The zero-order valence-electron chi connectivity index (χ0n) is 11.0. The van der Waals surface area contributed by atoms with Crippen molar-refractivity contribution >= 4 is 33.2 Å². The molecule has 5 nitrogen and oxygen atoms in total. The summed E-state index contributed by atoms with van der Waals surface area (Å²) in [5, 5.41) is 11.4. The van der Waals surface area contributed by atoms with Crippen LogP contribution in [0.25, 0.3) is 0 Å². The van der Waals surface area contributed by atoms with Crippen molar-refractivity contribution < 1.29 is 14.4 Å². The molecule has 0 fully saturated rings. The number of hydrogen-bond donors (Lipinski definition) is 0. The van der Waals surface area contributed by atoms with E-state index in [9.17, 15) is 10.1 Å². The molecular weight excluding hydrogens is 362 g/mol. The normalized spacial score (nSPS) is 10.2. The van der Waals surface area contributed by atoms with Crippen molar-refractivity contribution in [2.45, 2.75) is 6.92 Å². The smallest absolute Gasteiger partial charge is 0.311 e. The zero-order valence-corrected chi connectivity index (χ0v) is 13.3. The molecule has 0 amide bonds. The molecule has 2 rings (SSSR count). The van der Waals surface area contributed by atoms with Crippen LogP contribution >= 0.6 is 27.5 Å². The molecule has 0 aliphatic rings. The van der Waals surface area contributed by atoms with Crippen molar-refractivity contribution in [1.29, 1.82) is 0 Å². The summed E-state index contributed by atoms with van der Waals surface area (Å²) >= 11 is 9.37. The van der Waals surface area contributed by atoms with E-state index in [2.05, 4.69) is 15.9 Å². The van der Waals surface area contributed by atoms with E-state index in [4.69, 9.17) is 21.1 Å². The van der Waals surface area contributed by atoms with Gasteiger partial charge in [-0.1, -0.05) is 27.5 Å². The summed E-state index contributed by atoms with van der Waals surface area (Å²) in [5.74, 6) is 1.01. The van der Waals surface area contributed by atoms with Crippen LogP contribution < -0.4 is 9.47 Å². The lowest BCUT2D eigenvalue weighted by molar-refractivity contribution is -0.385. The largest absolute Gasteiger partial charge is 0.487 e. The summed E-state index contributed by atoms with van der Waals surface area (Å²) in [5.41, 5.74) is -0.107. The summed E-state index contributed by atoms with van der Waals surface area (Å²) in [6.07, 6.45) is 0. The number of benzene rings is 2. The summed E-state index contributed by atoms with van der Waals surface area (Å²) < 4.78 is 11.7. The highest BCUT2D eigenvalue weighted by Gasteiger charge is 2.16. The van der Waals surface area contributed by atoms with Crippen molar-refractivity contribution in [3.05, 3.63) is 56.0 Å². The first-order valence-electron chi connectivity index (χ1n) is 6.05. The van der Waals surface area contributed by atoms with E-state index in [1.54, 1.807) is 25.1 Å². The Labute approximate surface area is 134 Å². The number of halogens is 2. The maximum atomic E-state index is 10.9. The fourth-order valence-corrected chi connectivity index (χ4v) is 2.16. The molecule has 0 heterocycles. The molecular formula is C14H11BrClNO4. The molecule has 0 atom stereocenters. The van der Waals surface area contributed by atoms with Gasteiger partial charge in [0, 0.05) is 16.6 Å². The Hall–Kier alpha value is -1.79. The molecule has 0 N–H and O–H groups in total. The van der Waals surface area contributed by atoms with E-state index in [-0.39, 0.29) is 11.4 Å². The molecule has 0 aliphatic carbocycles. The predicted molar refractivity (Wildman–Crippen MR) is 83.5 cm³/mol. The van der Waals surface area contributed by atoms with Crippen molar-refractivity contribution in [3.63, 3.8) is 0 Å². The van der Waals surface area contributed by atoms with Gasteiger partial charge in [0.15, 0.2) is 0 Å². The highest BCUT2D eigenvalue weighted by molar-refractivity contribution is 9.10. The standard InChI is InChI=1S/C14H11BrClNO4/c1-2-20-14-8-10(4-6-12(14)17(18)19)21-13-7-9(15)3-5-11(13)16/h3-8H,2H2,1H3. The molecule has 7 heteroatoms. The quantitative estimate of drug-likeness (QED) is 0.534. The van der Waals surface area contributed by atoms with Gasteiger partial charge in [0.05, 0.1) is 16.6 Å². The Kier molecular flexibility index (Phi) is 5.03. The maximum absolute atomic E-state index is 10.9. The SMILES string of the molecule is CCOc1cc(Oc2cc(Br)ccc2Cl)ccc1[N+](=O)[O-]. The van der Waals surface area contributed by atoms with Gasteiger partial charge in [-0.15, -0.1) is 0 Å². The Bertz CT molecular complexity index is 678. The lowest BCUT2D eigenvalue weighted by atomic mass is 10.2. The fraction of sp³-hybridized carbons (Fsp3) is 0.143. The number of nitro groups is 1. The topological polar surface area (TPSA) is 61.6 Å². The number of rotatable bonds is 5. The van der Waals surface area contributed by atoms with Gasteiger partial charge in [-0.25, -0.2) is 0 Å². The van der Waals surface area contributed by atoms with Gasteiger partial charge >= 0.3 is 5.69 Å². The minimum atomic E-state index is -0.499. The van der Waals surface area contributed by atoms with E-state index < -0.39 is 4.92 Å². The second-order valence-electron chi connectivity index (χ2n) is 4.00. The molecule has 0 saturated heterocycles. The Morgan fingerprint density at radius 1 is 1.24 bits per heavy atom. The highest BCUT2D eigenvalue weighted by atomic mass is 79.9. The summed E-state index contributed by atoms with van der Waals surface area (Å²) in [7, 11) is 0. The molecule has 0 saturated carbocycles. The molecule has 110 valence electrons. The first kappa shape index (κ1) is 15.6. The highest BCUT2D eigenvalue weighted by Crippen LogP contribution is 2.36. The predicted octanol–water partition coefficient (Wildman–Crippen LogP) is 5.20. The first-order valence-corrected chi connectivity index (χ1v) is 7.22. The van der Waals surface area contributed by atoms with E-state index in [1.165, 1.54) is 18.2 Å². The Morgan fingerprint density at radius 2 is 2.00 bits per heavy atom. The molecule has 0 radical (unpaired) electrons. The van der Waals surface area contributed by atoms with E-state index in [1.807, 2.05) is 0 Å². The van der Waals surface area contributed by atoms with Crippen LogP contribution in [0.1, 0.15) is 6.92 Å². The van der Waals surface area contributed by atoms with E-state index >= 15 is 0 Å². The second kappa shape index (κ2) is 6.78. The van der Waals surface area contributed by atoms with E-state index in [0.717, 1.165) is 4.47 Å². The van der Waals surface area contributed by atoms with Crippen molar-refractivity contribution in [3.8, 4) is 17.2 Å². The summed E-state index contributed by atoms with van der Waals surface area (Å²) in [6.45, 7) is 2.07. The van der Waals surface area contributed by atoms with Crippen molar-refractivity contribution in [2.75, 3.05) is 6.61 Å². The third-order valence-electron chi connectivity index (χ3n) is 2.55. The molecule has 0 aromatic heterocycles. The van der Waals surface area contributed by atoms with Crippen LogP contribution in [0.5, 0.6) is 17.2 Å². The number of hydrogen-bond acceptors (Lipinski definition) is 4. The first-order chi connectivity index (χ1) is 10.0. The third-order valence-corrected chi connectivity index (χ3v) is 3.35. The Morgan fingerprint density at radius 3 is 2.67 bits per heavy atom. The van der Waals surface area contributed by atoms with Crippen LogP contribution in [-0.4, -0.2) is 11.5 Å². The monoisotopic (exact) mass is 371 g/mol. The van der Waals surface area contributed by atoms with Gasteiger partial charge in [0.2, 0.25) is 5.75 Å². The van der Waals surface area contributed by atoms with Crippen LogP contribution in [0.2, 0.25) is 5.02 Å². The number of nitrogens with zero attached hydrogens (tertiary/aromatic N) is 1. The third kappa shape index (κ3) is 3.86. The number of ether oxygens (including phenoxy) is 2. The van der Waals surface area contributed by atoms with Crippen LogP contribution in [0, 0.1) is 10.1 Å². The molecule has 2 aromatic carbocycles. The lowest BCUT2D eigenvalue weighted by Crippen LogP contribution is -1.98. The molecule has 0 aliphatic heterocycles. The van der Waals surface area contributed by atoms with Gasteiger partial charge in [-0.05, 0) is 31.2 Å². The van der Waals surface area contributed by atoms with Gasteiger partial charge < -0.3 is 9.47 Å². The molecule has 0 spiro atoms. The second-order valence-corrected chi connectivity index (χ2v) is 5.32. The minimum absolute atomic E-state index is 0.107. The van der Waals surface area contributed by atoms with Crippen molar-refractivity contribution in [1.82, 2.24) is 0 Å². The molecule has 21 heavy (non-hydrogen) atoms. The average molecular weight is 373 g/mol. The fourth-order valence-electron chi connectivity index (χ4n) is 1.66. The van der Waals surface area contributed by atoms with Crippen LogP contribution in [0.15, 0.2) is 40.9 Å². The maximum Gasteiger partial charge on any atom is 0.311 e. The Balaban J connectivity index is 2.34. The van der Waals surface area contributed by atoms with Crippen molar-refractivity contribution in [2.24, 2.45) is 0 Å². The van der Waals surface area contributed by atoms with Crippen LogP contribution in [0.3, 0.4) is 0 Å². The van der Waals surface area contributed by atoms with Gasteiger partial charge in [-0.2, -0.15) is 0 Å². The average Bonchev–Trinajstić information content (AvgIpc) is 2.43. The lowest BCUT2D eigenvalue weighted by Gasteiger charge is -2.10. The van der Waals surface area contributed by atoms with Gasteiger partial charge in [0.25, 0.3) is 0 Å². The van der Waals surface area contributed by atoms with Gasteiger partial charge in [-0.3, -0.25) is 10.1 Å². The number of nitro benzene ring substituents is 1. The summed E-state index contributed by atoms with van der Waals surface area (Å²) in [6, 6.07) is 9.50. The molecule has 2 aromatic rings. The van der Waals surface area contributed by atoms with Crippen LogP contribution in [0.4, 0.5) is 5.69 Å². The van der Waals surface area contributed by atoms with Gasteiger partial charge in [0.1, 0.15) is 11.5 Å². The molecule has 0 bridgehead atoms. The molecule has 0 unspecified atom stereocenters. The minimum Gasteiger partial charge on any atom is -0.487 e. The summed E-state index contributed by atoms with van der Waals surface area (Å²) in [4.78, 5) is 10.4. The zero-order chi connectivity index (χ0) is 15.4.